The van der Waals surface area contributed by atoms with Gasteiger partial charge in [-0.2, -0.15) is 0 Å². The zero-order chi connectivity index (χ0) is 13.1. The number of hydrogen-bond acceptors (Lipinski definition) is 3. The van der Waals surface area contributed by atoms with Gasteiger partial charge < -0.3 is 10.4 Å². The van der Waals surface area contributed by atoms with Crippen LogP contribution in [0.15, 0.2) is 6.07 Å². The zero-order valence-electron chi connectivity index (χ0n) is 11.1. The van der Waals surface area contributed by atoms with Gasteiger partial charge in [0.2, 0.25) is 0 Å². The lowest BCUT2D eigenvalue weighted by Gasteiger charge is -2.22. The summed E-state index contributed by atoms with van der Waals surface area (Å²) in [5, 5.41) is 13.6. The van der Waals surface area contributed by atoms with E-state index in [0.29, 0.717) is 18.5 Å². The Morgan fingerprint density at radius 3 is 2.89 bits per heavy atom. The minimum atomic E-state index is -0.238. The summed E-state index contributed by atoms with van der Waals surface area (Å²) in [6, 6.07) is 2.46. The largest absolute Gasteiger partial charge is 0.392 e. The molecule has 1 aliphatic carbocycles. The summed E-state index contributed by atoms with van der Waals surface area (Å²) in [6.07, 6.45) is 4.09. The van der Waals surface area contributed by atoms with E-state index in [9.17, 15) is 5.11 Å². The van der Waals surface area contributed by atoms with Gasteiger partial charge in [0.05, 0.1) is 10.4 Å². The van der Waals surface area contributed by atoms with E-state index in [0.717, 1.165) is 30.0 Å². The zero-order valence-corrected chi connectivity index (χ0v) is 12.7. The number of nitrogens with one attached hydrogen (secondary N) is 1. The van der Waals surface area contributed by atoms with E-state index in [2.05, 4.69) is 25.2 Å². The Bertz CT molecular complexity index is 389. The van der Waals surface area contributed by atoms with Crippen molar-refractivity contribution in [3.05, 3.63) is 20.8 Å². The van der Waals surface area contributed by atoms with Crippen LogP contribution in [0.1, 0.15) is 49.6 Å². The quantitative estimate of drug-likeness (QED) is 0.835. The first-order valence-corrected chi connectivity index (χ1v) is 8.04. The average Bonchev–Trinajstić information content (AvgIpc) is 2.87. The van der Waals surface area contributed by atoms with E-state index in [1.54, 1.807) is 11.3 Å². The summed E-state index contributed by atoms with van der Waals surface area (Å²) in [6.45, 7) is 4.97. The molecule has 102 valence electrons. The summed E-state index contributed by atoms with van der Waals surface area (Å²) in [4.78, 5) is 1.41. The second-order valence-corrected chi connectivity index (χ2v) is 6.84. The molecule has 0 amide bonds. The maximum atomic E-state index is 10.1. The van der Waals surface area contributed by atoms with Crippen LogP contribution in [0.25, 0.3) is 0 Å². The molecule has 0 fully saturated rings. The summed E-state index contributed by atoms with van der Waals surface area (Å²) in [5.74, 6) is 0.407. The van der Waals surface area contributed by atoms with E-state index < -0.39 is 0 Å². The Hall–Kier alpha value is -0.0900. The van der Waals surface area contributed by atoms with Gasteiger partial charge in [-0.3, -0.25) is 0 Å². The Morgan fingerprint density at radius 2 is 2.22 bits per heavy atom. The molecule has 18 heavy (non-hydrogen) atoms. The van der Waals surface area contributed by atoms with Crippen molar-refractivity contribution in [3.8, 4) is 0 Å². The molecule has 0 spiro atoms. The van der Waals surface area contributed by atoms with Crippen molar-refractivity contribution in [1.82, 2.24) is 5.32 Å². The molecule has 0 radical (unpaired) electrons. The molecule has 0 saturated carbocycles. The normalized spacial score (nSPS) is 20.4. The third-order valence-electron chi connectivity index (χ3n) is 4.01. The highest BCUT2D eigenvalue weighted by molar-refractivity contribution is 7.16. The minimum Gasteiger partial charge on any atom is -0.392 e. The first-order chi connectivity index (χ1) is 8.65. The molecule has 1 aromatic heterocycles. The molecule has 0 aromatic carbocycles. The van der Waals surface area contributed by atoms with Crippen LogP contribution >= 0.6 is 22.9 Å². The van der Waals surface area contributed by atoms with Crippen LogP contribution in [-0.2, 0) is 6.42 Å². The number of aryl methyl sites for hydroxylation is 1. The third kappa shape index (κ3) is 3.08. The Balaban J connectivity index is 1.88. The van der Waals surface area contributed by atoms with Crippen LogP contribution in [0, 0.1) is 5.92 Å². The maximum Gasteiger partial charge on any atom is 0.0934 e. The number of halogens is 1. The molecular weight excluding hydrogens is 266 g/mol. The van der Waals surface area contributed by atoms with Crippen molar-refractivity contribution >= 4 is 22.9 Å². The molecule has 2 unspecified atom stereocenters. The van der Waals surface area contributed by atoms with E-state index in [1.165, 1.54) is 10.4 Å². The Labute approximate surface area is 118 Å². The molecule has 2 atom stereocenters. The van der Waals surface area contributed by atoms with Gasteiger partial charge in [-0.1, -0.05) is 38.3 Å². The number of fused-ring (bicyclic) bond motifs is 1. The van der Waals surface area contributed by atoms with Crippen molar-refractivity contribution in [2.45, 2.75) is 51.7 Å². The molecule has 0 saturated heterocycles. The Kier molecular flexibility index (Phi) is 5.07. The number of rotatable bonds is 6. The predicted octanol–water partition coefficient (Wildman–Crippen LogP) is 3.78. The lowest BCUT2D eigenvalue weighted by Crippen LogP contribution is -2.34. The molecule has 1 heterocycles. The second-order valence-electron chi connectivity index (χ2n) is 5.07. The van der Waals surface area contributed by atoms with Crippen LogP contribution in [0.2, 0.25) is 4.34 Å². The van der Waals surface area contributed by atoms with Gasteiger partial charge in [0.1, 0.15) is 0 Å². The molecule has 1 aliphatic rings. The number of thiophene rings is 1. The number of hydrogen-bond donors (Lipinski definition) is 2. The minimum absolute atomic E-state index is 0.238. The highest BCUT2D eigenvalue weighted by Gasteiger charge is 2.26. The van der Waals surface area contributed by atoms with Crippen molar-refractivity contribution < 1.29 is 5.11 Å². The smallest absolute Gasteiger partial charge is 0.0934 e. The second kappa shape index (κ2) is 6.38. The SMILES string of the molecule is CCC(CC)C(O)CNC1CCc2sc(Cl)cc21. The van der Waals surface area contributed by atoms with E-state index in [1.807, 2.05) is 0 Å². The fourth-order valence-corrected chi connectivity index (χ4v) is 4.16. The van der Waals surface area contributed by atoms with Crippen molar-refractivity contribution in [2.24, 2.45) is 5.92 Å². The van der Waals surface area contributed by atoms with Crippen molar-refractivity contribution in [1.29, 1.82) is 0 Å². The molecular formula is C14H22ClNOS. The van der Waals surface area contributed by atoms with Gasteiger partial charge in [-0.15, -0.1) is 11.3 Å². The highest BCUT2D eigenvalue weighted by Crippen LogP contribution is 2.39. The summed E-state index contributed by atoms with van der Waals surface area (Å²) in [7, 11) is 0. The molecule has 1 aromatic rings. The maximum absolute atomic E-state index is 10.1. The van der Waals surface area contributed by atoms with E-state index >= 15 is 0 Å². The molecule has 0 aliphatic heterocycles. The van der Waals surface area contributed by atoms with E-state index in [4.69, 9.17) is 11.6 Å². The van der Waals surface area contributed by atoms with Gasteiger partial charge in [0.25, 0.3) is 0 Å². The van der Waals surface area contributed by atoms with Gasteiger partial charge >= 0.3 is 0 Å². The van der Waals surface area contributed by atoms with Crippen LogP contribution in [-0.4, -0.2) is 17.8 Å². The lowest BCUT2D eigenvalue weighted by atomic mass is 9.96. The van der Waals surface area contributed by atoms with Gasteiger partial charge in [-0.25, -0.2) is 0 Å². The number of aliphatic hydroxyl groups is 1. The first-order valence-electron chi connectivity index (χ1n) is 6.85. The number of aliphatic hydroxyl groups excluding tert-OH is 1. The van der Waals surface area contributed by atoms with E-state index in [-0.39, 0.29) is 6.10 Å². The highest BCUT2D eigenvalue weighted by atomic mass is 35.5. The molecule has 0 bridgehead atoms. The lowest BCUT2D eigenvalue weighted by molar-refractivity contribution is 0.0983. The Morgan fingerprint density at radius 1 is 1.50 bits per heavy atom. The van der Waals surface area contributed by atoms with Gasteiger partial charge in [0.15, 0.2) is 0 Å². The van der Waals surface area contributed by atoms with Crippen molar-refractivity contribution in [2.75, 3.05) is 6.54 Å². The summed E-state index contributed by atoms with van der Waals surface area (Å²) in [5.41, 5.74) is 1.35. The topological polar surface area (TPSA) is 32.3 Å². The van der Waals surface area contributed by atoms with Crippen LogP contribution in [0.4, 0.5) is 0 Å². The van der Waals surface area contributed by atoms with Crippen LogP contribution in [0.5, 0.6) is 0 Å². The standard InChI is InChI=1S/C14H22ClNOS/c1-3-9(4-2)12(17)8-16-11-5-6-13-10(11)7-14(15)18-13/h7,9,11-12,16-17H,3-6,8H2,1-2H3. The first kappa shape index (κ1) is 14.3. The molecule has 2 rings (SSSR count). The third-order valence-corrected chi connectivity index (χ3v) is 5.35. The molecule has 4 heteroatoms. The van der Waals surface area contributed by atoms with Gasteiger partial charge in [0, 0.05) is 17.5 Å². The fourth-order valence-electron chi connectivity index (χ4n) is 2.80. The van der Waals surface area contributed by atoms with Crippen LogP contribution in [0.3, 0.4) is 0 Å². The van der Waals surface area contributed by atoms with Gasteiger partial charge in [-0.05, 0) is 30.4 Å². The average molecular weight is 288 g/mol. The van der Waals surface area contributed by atoms with Crippen LogP contribution < -0.4 is 5.32 Å². The summed E-state index contributed by atoms with van der Waals surface area (Å²) >= 11 is 7.74. The molecule has 2 N–H and O–H groups in total. The predicted molar refractivity (Wildman–Crippen MR) is 78.5 cm³/mol. The molecule has 2 nitrogen and oxygen atoms in total. The fraction of sp³-hybridized carbons (Fsp3) is 0.714. The summed E-state index contributed by atoms with van der Waals surface area (Å²) < 4.78 is 0.882. The van der Waals surface area contributed by atoms with Crippen molar-refractivity contribution in [3.63, 3.8) is 0 Å². The monoisotopic (exact) mass is 287 g/mol.